The van der Waals surface area contributed by atoms with Crippen molar-refractivity contribution in [3.05, 3.63) is 0 Å². The fourth-order valence-corrected chi connectivity index (χ4v) is 1.52. The molecule has 0 heterocycles. The molecule has 0 aromatic rings. The number of nitrogens with two attached hydrogens (primary N) is 1. The van der Waals surface area contributed by atoms with Crippen LogP contribution in [0.1, 0.15) is 58.8 Å². The first-order chi connectivity index (χ1) is 5.81. The zero-order valence-corrected chi connectivity index (χ0v) is 8.81. The lowest BCUT2D eigenvalue weighted by Gasteiger charge is -2.09. The lowest BCUT2D eigenvalue weighted by molar-refractivity contribution is 0.445. The highest BCUT2D eigenvalue weighted by molar-refractivity contribution is 4.54. The summed E-state index contributed by atoms with van der Waals surface area (Å²) in [4.78, 5) is 0. The van der Waals surface area contributed by atoms with Crippen molar-refractivity contribution in [1.29, 1.82) is 0 Å². The predicted molar refractivity (Wildman–Crippen MR) is 56.2 cm³/mol. The monoisotopic (exact) mass is 171 g/mol. The van der Waals surface area contributed by atoms with Crippen molar-refractivity contribution in [2.75, 3.05) is 6.54 Å². The van der Waals surface area contributed by atoms with Crippen LogP contribution in [-0.4, -0.2) is 6.54 Å². The second kappa shape index (κ2) is 9.05. The van der Waals surface area contributed by atoms with Gasteiger partial charge in [0.15, 0.2) is 0 Å². The van der Waals surface area contributed by atoms with Crippen LogP contribution in [0.15, 0.2) is 0 Å². The van der Waals surface area contributed by atoms with E-state index in [1.807, 2.05) is 0 Å². The third kappa shape index (κ3) is 8.06. The average molecular weight is 171 g/mol. The SMILES string of the molecule is CCCCCC(C)CCCCN. The van der Waals surface area contributed by atoms with Crippen LogP contribution in [0.3, 0.4) is 0 Å². The first-order valence-electron chi connectivity index (χ1n) is 5.51. The molecule has 0 saturated heterocycles. The van der Waals surface area contributed by atoms with E-state index in [1.165, 1.54) is 44.9 Å². The molecule has 0 amide bonds. The van der Waals surface area contributed by atoms with Gasteiger partial charge in [-0.25, -0.2) is 0 Å². The minimum atomic E-state index is 0.863. The molecule has 74 valence electrons. The Morgan fingerprint density at radius 2 is 1.58 bits per heavy atom. The fourth-order valence-electron chi connectivity index (χ4n) is 1.52. The van der Waals surface area contributed by atoms with Crippen molar-refractivity contribution < 1.29 is 0 Å². The van der Waals surface area contributed by atoms with Crippen LogP contribution >= 0.6 is 0 Å². The van der Waals surface area contributed by atoms with Crippen LogP contribution in [0.5, 0.6) is 0 Å². The lowest BCUT2D eigenvalue weighted by Crippen LogP contribution is -2.00. The van der Waals surface area contributed by atoms with Crippen molar-refractivity contribution in [2.24, 2.45) is 11.7 Å². The number of unbranched alkanes of at least 4 members (excludes halogenated alkanes) is 3. The van der Waals surface area contributed by atoms with E-state index in [0.717, 1.165) is 12.5 Å². The summed E-state index contributed by atoms with van der Waals surface area (Å²) >= 11 is 0. The molecule has 0 rings (SSSR count). The molecule has 0 fully saturated rings. The first kappa shape index (κ1) is 12.0. The molecule has 0 spiro atoms. The Bertz CT molecular complexity index is 71.1. The third-order valence-electron chi connectivity index (χ3n) is 2.45. The highest BCUT2D eigenvalue weighted by Crippen LogP contribution is 2.15. The molecule has 1 nitrogen and oxygen atoms in total. The van der Waals surface area contributed by atoms with Crippen molar-refractivity contribution in [1.82, 2.24) is 0 Å². The van der Waals surface area contributed by atoms with E-state index >= 15 is 0 Å². The molecule has 12 heavy (non-hydrogen) atoms. The van der Waals surface area contributed by atoms with Crippen molar-refractivity contribution >= 4 is 0 Å². The van der Waals surface area contributed by atoms with E-state index in [2.05, 4.69) is 13.8 Å². The van der Waals surface area contributed by atoms with Crippen molar-refractivity contribution in [2.45, 2.75) is 58.8 Å². The molecular weight excluding hydrogens is 146 g/mol. The van der Waals surface area contributed by atoms with Gasteiger partial charge < -0.3 is 5.73 Å². The minimum Gasteiger partial charge on any atom is -0.330 e. The molecular formula is C11H25N. The van der Waals surface area contributed by atoms with Gasteiger partial charge >= 0.3 is 0 Å². The van der Waals surface area contributed by atoms with Gasteiger partial charge in [-0.3, -0.25) is 0 Å². The van der Waals surface area contributed by atoms with Gasteiger partial charge in [0.05, 0.1) is 0 Å². The Morgan fingerprint density at radius 3 is 2.08 bits per heavy atom. The van der Waals surface area contributed by atoms with Gasteiger partial charge in [0.25, 0.3) is 0 Å². The topological polar surface area (TPSA) is 26.0 Å². The van der Waals surface area contributed by atoms with Crippen LogP contribution in [0, 0.1) is 5.92 Å². The smallest absolute Gasteiger partial charge is 0.00773 e. The minimum absolute atomic E-state index is 0.863. The summed E-state index contributed by atoms with van der Waals surface area (Å²) in [5.74, 6) is 0.920. The van der Waals surface area contributed by atoms with Crippen molar-refractivity contribution in [3.63, 3.8) is 0 Å². The first-order valence-corrected chi connectivity index (χ1v) is 5.51. The molecule has 0 aromatic heterocycles. The lowest BCUT2D eigenvalue weighted by atomic mass is 9.97. The van der Waals surface area contributed by atoms with Gasteiger partial charge in [0, 0.05) is 0 Å². The number of hydrogen-bond acceptors (Lipinski definition) is 1. The van der Waals surface area contributed by atoms with Crippen LogP contribution in [0.25, 0.3) is 0 Å². The number of rotatable bonds is 8. The highest BCUT2D eigenvalue weighted by Gasteiger charge is 2.00. The standard InChI is InChI=1S/C11H25N/c1-3-4-5-8-11(2)9-6-7-10-12/h11H,3-10,12H2,1-2H3. The summed E-state index contributed by atoms with van der Waals surface area (Å²) in [6.07, 6.45) is 9.48. The van der Waals surface area contributed by atoms with E-state index in [4.69, 9.17) is 5.73 Å². The van der Waals surface area contributed by atoms with Gasteiger partial charge in [-0.15, -0.1) is 0 Å². The summed E-state index contributed by atoms with van der Waals surface area (Å²) in [5.41, 5.74) is 5.44. The van der Waals surface area contributed by atoms with Gasteiger partial charge in [0.2, 0.25) is 0 Å². The largest absolute Gasteiger partial charge is 0.330 e. The maximum Gasteiger partial charge on any atom is -0.00773 e. The van der Waals surface area contributed by atoms with Crippen LogP contribution in [-0.2, 0) is 0 Å². The van der Waals surface area contributed by atoms with E-state index in [1.54, 1.807) is 0 Å². The van der Waals surface area contributed by atoms with Crippen LogP contribution in [0.4, 0.5) is 0 Å². The number of hydrogen-bond donors (Lipinski definition) is 1. The van der Waals surface area contributed by atoms with Crippen LogP contribution in [0.2, 0.25) is 0 Å². The third-order valence-corrected chi connectivity index (χ3v) is 2.45. The molecule has 0 aliphatic rings. The summed E-state index contributed by atoms with van der Waals surface area (Å²) < 4.78 is 0. The maximum absolute atomic E-state index is 5.44. The zero-order chi connectivity index (χ0) is 9.23. The zero-order valence-electron chi connectivity index (χ0n) is 8.81. The molecule has 1 unspecified atom stereocenters. The Balaban J connectivity index is 3.04. The Morgan fingerprint density at radius 1 is 1.00 bits per heavy atom. The molecule has 2 N–H and O–H groups in total. The molecule has 0 saturated carbocycles. The summed E-state index contributed by atoms with van der Waals surface area (Å²) in [6, 6.07) is 0. The summed E-state index contributed by atoms with van der Waals surface area (Å²) in [5, 5.41) is 0. The van der Waals surface area contributed by atoms with E-state index in [0.29, 0.717) is 0 Å². The predicted octanol–water partition coefficient (Wildman–Crippen LogP) is 3.33. The summed E-state index contributed by atoms with van der Waals surface area (Å²) in [7, 11) is 0. The highest BCUT2D eigenvalue weighted by atomic mass is 14.5. The van der Waals surface area contributed by atoms with E-state index in [9.17, 15) is 0 Å². The molecule has 0 radical (unpaired) electrons. The van der Waals surface area contributed by atoms with Gasteiger partial charge in [-0.05, 0) is 18.9 Å². The quantitative estimate of drug-likeness (QED) is 0.557. The summed E-state index contributed by atoms with van der Waals surface area (Å²) in [6.45, 7) is 5.49. The second-order valence-electron chi connectivity index (χ2n) is 3.89. The van der Waals surface area contributed by atoms with Gasteiger partial charge in [-0.1, -0.05) is 52.4 Å². The molecule has 1 atom stereocenters. The Kier molecular flexibility index (Phi) is 9.02. The average Bonchev–Trinajstić information content (AvgIpc) is 2.06. The normalized spacial score (nSPS) is 13.2. The maximum atomic E-state index is 5.44. The van der Waals surface area contributed by atoms with E-state index in [-0.39, 0.29) is 0 Å². The van der Waals surface area contributed by atoms with Gasteiger partial charge in [0.1, 0.15) is 0 Å². The molecule has 0 aromatic carbocycles. The molecule has 0 aliphatic heterocycles. The Labute approximate surface area is 77.7 Å². The molecule has 1 heteroatoms. The molecule has 0 bridgehead atoms. The molecule has 0 aliphatic carbocycles. The Hall–Kier alpha value is -0.0400. The van der Waals surface area contributed by atoms with Gasteiger partial charge in [-0.2, -0.15) is 0 Å². The van der Waals surface area contributed by atoms with E-state index < -0.39 is 0 Å². The van der Waals surface area contributed by atoms with Crippen LogP contribution < -0.4 is 5.73 Å². The van der Waals surface area contributed by atoms with Crippen molar-refractivity contribution in [3.8, 4) is 0 Å². The second-order valence-corrected chi connectivity index (χ2v) is 3.89. The fraction of sp³-hybridized carbons (Fsp3) is 1.00.